The van der Waals surface area contributed by atoms with Crippen LogP contribution in [-0.2, 0) is 6.54 Å². The van der Waals surface area contributed by atoms with E-state index in [-0.39, 0.29) is 0 Å². The molecule has 3 rings (SSSR count). The molecule has 0 spiro atoms. The quantitative estimate of drug-likeness (QED) is 0.551. The number of fused-ring (bicyclic) bond motifs is 1. The second-order valence-corrected chi connectivity index (χ2v) is 6.27. The van der Waals surface area contributed by atoms with Crippen molar-refractivity contribution in [3.05, 3.63) is 61.8 Å². The standard InChI is InChI=1S/C14H9Cl2IN2/c15-12-2-1-3-13(16)11(12)8-19-14-6-10(17)5-4-9(14)7-18-19/h1-7H,8H2. The number of hydrogen-bond acceptors (Lipinski definition) is 1. The van der Waals surface area contributed by atoms with E-state index < -0.39 is 0 Å². The van der Waals surface area contributed by atoms with Crippen molar-refractivity contribution in [3.8, 4) is 0 Å². The zero-order valence-electron chi connectivity index (χ0n) is 9.78. The van der Waals surface area contributed by atoms with Gasteiger partial charge in [0.05, 0.1) is 18.3 Å². The highest BCUT2D eigenvalue weighted by Crippen LogP contribution is 2.26. The number of hydrogen-bond donors (Lipinski definition) is 0. The summed E-state index contributed by atoms with van der Waals surface area (Å²) in [6.45, 7) is 0.572. The van der Waals surface area contributed by atoms with Crippen molar-refractivity contribution < 1.29 is 0 Å². The number of benzene rings is 2. The molecule has 5 heteroatoms. The summed E-state index contributed by atoms with van der Waals surface area (Å²) in [7, 11) is 0. The molecule has 96 valence electrons. The first kappa shape index (κ1) is 13.2. The van der Waals surface area contributed by atoms with Gasteiger partial charge in [-0.05, 0) is 46.9 Å². The summed E-state index contributed by atoms with van der Waals surface area (Å²) >= 11 is 14.7. The lowest BCUT2D eigenvalue weighted by molar-refractivity contribution is 0.712. The van der Waals surface area contributed by atoms with Gasteiger partial charge in [-0.25, -0.2) is 0 Å². The van der Waals surface area contributed by atoms with Crippen LogP contribution in [0.25, 0.3) is 10.9 Å². The van der Waals surface area contributed by atoms with Gasteiger partial charge in [0, 0.05) is 24.6 Å². The van der Waals surface area contributed by atoms with Gasteiger partial charge >= 0.3 is 0 Å². The molecule has 0 N–H and O–H groups in total. The van der Waals surface area contributed by atoms with Crippen LogP contribution in [0.15, 0.2) is 42.6 Å². The number of halogens is 3. The van der Waals surface area contributed by atoms with E-state index in [9.17, 15) is 0 Å². The molecule has 0 bridgehead atoms. The summed E-state index contributed by atoms with van der Waals surface area (Å²) in [5.74, 6) is 0. The molecule has 0 fully saturated rings. The van der Waals surface area contributed by atoms with Crippen LogP contribution in [0.2, 0.25) is 10.0 Å². The van der Waals surface area contributed by atoms with Crippen LogP contribution in [0.1, 0.15) is 5.56 Å². The van der Waals surface area contributed by atoms with Crippen molar-refractivity contribution in [2.45, 2.75) is 6.54 Å². The molecular formula is C14H9Cl2IN2. The van der Waals surface area contributed by atoms with Gasteiger partial charge in [0.15, 0.2) is 0 Å². The molecule has 0 aliphatic carbocycles. The molecule has 0 unspecified atom stereocenters. The van der Waals surface area contributed by atoms with Gasteiger partial charge in [-0.2, -0.15) is 5.10 Å². The number of nitrogens with zero attached hydrogens (tertiary/aromatic N) is 2. The van der Waals surface area contributed by atoms with Crippen molar-refractivity contribution in [1.29, 1.82) is 0 Å². The van der Waals surface area contributed by atoms with Gasteiger partial charge < -0.3 is 0 Å². The molecule has 1 heterocycles. The summed E-state index contributed by atoms with van der Waals surface area (Å²) < 4.78 is 3.10. The van der Waals surface area contributed by atoms with Gasteiger partial charge in [0.2, 0.25) is 0 Å². The van der Waals surface area contributed by atoms with Crippen LogP contribution >= 0.6 is 45.8 Å². The summed E-state index contributed by atoms with van der Waals surface area (Å²) in [4.78, 5) is 0. The average molecular weight is 403 g/mol. The SMILES string of the molecule is Clc1cccc(Cl)c1Cn1ncc2ccc(I)cc21. The van der Waals surface area contributed by atoms with E-state index in [1.54, 1.807) is 0 Å². The molecule has 0 saturated carbocycles. The molecule has 0 atom stereocenters. The third-order valence-electron chi connectivity index (χ3n) is 2.98. The highest BCUT2D eigenvalue weighted by molar-refractivity contribution is 14.1. The Bertz CT molecular complexity index is 732. The third kappa shape index (κ3) is 2.59. The molecule has 3 aromatic rings. The van der Waals surface area contributed by atoms with E-state index >= 15 is 0 Å². The molecule has 0 saturated heterocycles. The predicted molar refractivity (Wildman–Crippen MR) is 88.0 cm³/mol. The largest absolute Gasteiger partial charge is 0.260 e. The van der Waals surface area contributed by atoms with Crippen molar-refractivity contribution in [2.75, 3.05) is 0 Å². The Morgan fingerprint density at radius 3 is 2.58 bits per heavy atom. The Morgan fingerprint density at radius 2 is 1.84 bits per heavy atom. The zero-order valence-corrected chi connectivity index (χ0v) is 13.4. The van der Waals surface area contributed by atoms with Gasteiger partial charge in [-0.3, -0.25) is 4.68 Å². The molecule has 0 radical (unpaired) electrons. The Kier molecular flexibility index (Phi) is 3.69. The first-order valence-corrected chi connectivity index (χ1v) is 7.52. The maximum atomic E-state index is 6.20. The van der Waals surface area contributed by atoms with E-state index in [2.05, 4.69) is 45.9 Å². The summed E-state index contributed by atoms with van der Waals surface area (Å²) in [6, 6.07) is 11.8. The van der Waals surface area contributed by atoms with Crippen LogP contribution in [0.3, 0.4) is 0 Å². The Morgan fingerprint density at radius 1 is 1.11 bits per heavy atom. The summed E-state index contributed by atoms with van der Waals surface area (Å²) in [6.07, 6.45) is 1.86. The first-order chi connectivity index (χ1) is 9.15. The third-order valence-corrected chi connectivity index (χ3v) is 4.36. The Hall–Kier alpha value is -0.780. The lowest BCUT2D eigenvalue weighted by Gasteiger charge is -2.08. The molecule has 0 aliphatic heterocycles. The van der Waals surface area contributed by atoms with Crippen molar-refractivity contribution in [2.24, 2.45) is 0 Å². The predicted octanol–water partition coefficient (Wildman–Crippen LogP) is 5.00. The van der Waals surface area contributed by atoms with Crippen LogP contribution < -0.4 is 0 Å². The topological polar surface area (TPSA) is 17.8 Å². The first-order valence-electron chi connectivity index (χ1n) is 5.69. The van der Waals surface area contributed by atoms with Crippen molar-refractivity contribution in [1.82, 2.24) is 9.78 Å². The van der Waals surface area contributed by atoms with Gasteiger partial charge in [-0.15, -0.1) is 0 Å². The minimum absolute atomic E-state index is 0.572. The van der Waals surface area contributed by atoms with E-state index in [0.717, 1.165) is 16.5 Å². The van der Waals surface area contributed by atoms with E-state index in [4.69, 9.17) is 23.2 Å². The molecule has 2 nitrogen and oxygen atoms in total. The van der Waals surface area contributed by atoms with Crippen LogP contribution in [0.5, 0.6) is 0 Å². The fourth-order valence-corrected chi connectivity index (χ4v) is 2.99. The monoisotopic (exact) mass is 402 g/mol. The maximum absolute atomic E-state index is 6.20. The van der Waals surface area contributed by atoms with E-state index in [0.29, 0.717) is 16.6 Å². The highest BCUT2D eigenvalue weighted by atomic mass is 127. The fraction of sp³-hybridized carbons (Fsp3) is 0.0714. The second-order valence-electron chi connectivity index (χ2n) is 4.21. The zero-order chi connectivity index (χ0) is 13.4. The molecule has 19 heavy (non-hydrogen) atoms. The van der Waals surface area contributed by atoms with E-state index in [1.165, 1.54) is 3.57 Å². The van der Waals surface area contributed by atoms with Gasteiger partial charge in [0.1, 0.15) is 0 Å². The maximum Gasteiger partial charge on any atom is 0.0696 e. The van der Waals surface area contributed by atoms with Gasteiger partial charge in [0.25, 0.3) is 0 Å². The minimum atomic E-state index is 0.572. The fourth-order valence-electron chi connectivity index (χ4n) is 2.00. The van der Waals surface area contributed by atoms with Gasteiger partial charge in [-0.1, -0.05) is 35.3 Å². The molecule has 2 aromatic carbocycles. The van der Waals surface area contributed by atoms with Crippen LogP contribution in [-0.4, -0.2) is 9.78 Å². The van der Waals surface area contributed by atoms with Crippen LogP contribution in [0, 0.1) is 3.57 Å². The molecule has 0 aliphatic rings. The van der Waals surface area contributed by atoms with Crippen molar-refractivity contribution in [3.63, 3.8) is 0 Å². The molecule has 0 amide bonds. The lowest BCUT2D eigenvalue weighted by atomic mass is 10.2. The Labute approximate surface area is 134 Å². The highest BCUT2D eigenvalue weighted by Gasteiger charge is 2.09. The Balaban J connectivity index is 2.08. The summed E-state index contributed by atoms with van der Waals surface area (Å²) in [5, 5.41) is 6.86. The average Bonchev–Trinajstić information content (AvgIpc) is 2.76. The normalized spacial score (nSPS) is 11.1. The van der Waals surface area contributed by atoms with Crippen LogP contribution in [0.4, 0.5) is 0 Å². The lowest BCUT2D eigenvalue weighted by Crippen LogP contribution is -2.02. The number of rotatable bonds is 2. The smallest absolute Gasteiger partial charge is 0.0696 e. The minimum Gasteiger partial charge on any atom is -0.260 e. The number of aromatic nitrogens is 2. The second kappa shape index (κ2) is 5.31. The molecular weight excluding hydrogens is 394 g/mol. The molecule has 1 aromatic heterocycles. The summed E-state index contributed by atoms with van der Waals surface area (Å²) in [5.41, 5.74) is 1.98. The van der Waals surface area contributed by atoms with E-state index in [1.807, 2.05) is 29.1 Å². The van der Waals surface area contributed by atoms with Crippen molar-refractivity contribution >= 4 is 56.7 Å².